The molecule has 0 aromatic heterocycles. The Morgan fingerprint density at radius 1 is 0.679 bits per heavy atom. The molecule has 0 bridgehead atoms. The van der Waals surface area contributed by atoms with Gasteiger partial charge in [0.05, 0.1) is 0 Å². The fourth-order valence-electron chi connectivity index (χ4n) is 4.26. The number of aliphatic carboxylic acids is 1. The lowest BCUT2D eigenvalue weighted by molar-refractivity contribution is -0.139. The SMILES string of the molecule is CCCCCCCCCCCCCC(CC(CC(=O)O)C(C)(C)C)C(C)(C)C. The Morgan fingerprint density at radius 2 is 1.07 bits per heavy atom. The van der Waals surface area contributed by atoms with Crippen molar-refractivity contribution in [2.75, 3.05) is 0 Å². The number of carboxylic acid groups (broad SMARTS) is 1. The van der Waals surface area contributed by atoms with E-state index in [9.17, 15) is 9.90 Å². The first kappa shape index (κ1) is 27.5. The Morgan fingerprint density at radius 3 is 1.43 bits per heavy atom. The van der Waals surface area contributed by atoms with Crippen LogP contribution in [0.5, 0.6) is 0 Å². The molecule has 0 aliphatic heterocycles. The van der Waals surface area contributed by atoms with Gasteiger partial charge in [0.25, 0.3) is 0 Å². The molecule has 0 saturated heterocycles. The molecule has 2 unspecified atom stereocenters. The molecule has 1 N–H and O–H groups in total. The number of hydrogen-bond donors (Lipinski definition) is 1. The van der Waals surface area contributed by atoms with Crippen molar-refractivity contribution in [3.05, 3.63) is 0 Å². The normalized spacial score (nSPS) is 14.8. The molecular weight excluding hydrogens is 344 g/mol. The van der Waals surface area contributed by atoms with Crippen LogP contribution in [0.25, 0.3) is 0 Å². The zero-order valence-corrected chi connectivity index (χ0v) is 20.4. The van der Waals surface area contributed by atoms with Crippen LogP contribution in [0.4, 0.5) is 0 Å². The van der Waals surface area contributed by atoms with E-state index in [0.29, 0.717) is 12.3 Å². The maximum absolute atomic E-state index is 11.3. The average Bonchev–Trinajstić information content (AvgIpc) is 2.55. The minimum Gasteiger partial charge on any atom is -0.481 e. The summed E-state index contributed by atoms with van der Waals surface area (Å²) in [5, 5.41) is 9.34. The lowest BCUT2D eigenvalue weighted by Crippen LogP contribution is -2.30. The zero-order valence-electron chi connectivity index (χ0n) is 20.4. The molecular formula is C26H52O2. The Kier molecular flexibility index (Phi) is 14.2. The molecule has 0 aliphatic rings. The Bertz CT molecular complexity index is 386. The summed E-state index contributed by atoms with van der Waals surface area (Å²) in [6.45, 7) is 15.9. The first-order valence-electron chi connectivity index (χ1n) is 12.2. The topological polar surface area (TPSA) is 37.3 Å². The van der Waals surface area contributed by atoms with Gasteiger partial charge in [-0.1, -0.05) is 119 Å². The summed E-state index contributed by atoms with van der Waals surface area (Å²) in [5.74, 6) is 0.207. The molecule has 2 nitrogen and oxygen atoms in total. The maximum atomic E-state index is 11.3. The van der Waals surface area contributed by atoms with Crippen LogP contribution in [0.3, 0.4) is 0 Å². The summed E-state index contributed by atoms with van der Waals surface area (Å²) in [6, 6.07) is 0. The molecule has 0 amide bonds. The minimum atomic E-state index is -0.651. The fourth-order valence-corrected chi connectivity index (χ4v) is 4.26. The van der Waals surface area contributed by atoms with Crippen molar-refractivity contribution in [3.63, 3.8) is 0 Å². The molecule has 0 fully saturated rings. The molecule has 0 rings (SSSR count). The van der Waals surface area contributed by atoms with Gasteiger partial charge in [-0.05, 0) is 35.5 Å². The van der Waals surface area contributed by atoms with E-state index in [0.717, 1.165) is 6.42 Å². The fraction of sp³-hybridized carbons (Fsp3) is 0.962. The third kappa shape index (κ3) is 14.5. The molecule has 0 radical (unpaired) electrons. The average molecular weight is 397 g/mol. The number of carboxylic acids is 1. The Balaban J connectivity index is 4.19. The third-order valence-electron chi connectivity index (χ3n) is 6.60. The summed E-state index contributed by atoms with van der Waals surface area (Å²) >= 11 is 0. The van der Waals surface area contributed by atoms with Crippen molar-refractivity contribution in [2.24, 2.45) is 22.7 Å². The number of carbonyl (C=O) groups is 1. The van der Waals surface area contributed by atoms with Gasteiger partial charge in [0, 0.05) is 6.42 Å². The van der Waals surface area contributed by atoms with E-state index in [-0.39, 0.29) is 16.7 Å². The molecule has 0 aliphatic carbocycles. The van der Waals surface area contributed by atoms with Crippen LogP contribution in [-0.4, -0.2) is 11.1 Å². The first-order chi connectivity index (χ1) is 13.0. The summed E-state index contributed by atoms with van der Waals surface area (Å²) in [7, 11) is 0. The van der Waals surface area contributed by atoms with Gasteiger partial charge in [-0.25, -0.2) is 0 Å². The molecule has 0 heterocycles. The van der Waals surface area contributed by atoms with Crippen molar-refractivity contribution < 1.29 is 9.90 Å². The van der Waals surface area contributed by atoms with E-state index >= 15 is 0 Å². The van der Waals surface area contributed by atoms with Crippen LogP contribution in [0.15, 0.2) is 0 Å². The quantitative estimate of drug-likeness (QED) is 0.264. The molecule has 2 atom stereocenters. The van der Waals surface area contributed by atoms with Gasteiger partial charge in [0.15, 0.2) is 0 Å². The smallest absolute Gasteiger partial charge is 0.303 e. The number of rotatable bonds is 16. The summed E-state index contributed by atoms with van der Waals surface area (Å²) in [5.41, 5.74) is 0.305. The van der Waals surface area contributed by atoms with Gasteiger partial charge in [0.2, 0.25) is 0 Å². The molecule has 0 aromatic rings. The Hall–Kier alpha value is -0.530. The van der Waals surface area contributed by atoms with Crippen LogP contribution >= 0.6 is 0 Å². The zero-order chi connectivity index (χ0) is 21.6. The molecule has 0 saturated carbocycles. The lowest BCUT2D eigenvalue weighted by Gasteiger charge is -2.38. The van der Waals surface area contributed by atoms with E-state index in [1.807, 2.05) is 0 Å². The van der Waals surface area contributed by atoms with Crippen LogP contribution in [0.2, 0.25) is 0 Å². The van der Waals surface area contributed by atoms with E-state index < -0.39 is 5.97 Å². The molecule has 2 heteroatoms. The maximum Gasteiger partial charge on any atom is 0.303 e. The van der Waals surface area contributed by atoms with Gasteiger partial charge in [-0.3, -0.25) is 4.79 Å². The van der Waals surface area contributed by atoms with E-state index in [1.165, 1.54) is 77.0 Å². The number of hydrogen-bond acceptors (Lipinski definition) is 1. The second-order valence-electron chi connectivity index (χ2n) is 11.3. The van der Waals surface area contributed by atoms with Gasteiger partial charge in [0.1, 0.15) is 0 Å². The van der Waals surface area contributed by atoms with Gasteiger partial charge in [-0.15, -0.1) is 0 Å². The van der Waals surface area contributed by atoms with E-state index in [1.54, 1.807) is 0 Å². The predicted octanol–water partition coefficient (Wildman–Crippen LogP) is 8.88. The van der Waals surface area contributed by atoms with Crippen LogP contribution < -0.4 is 0 Å². The highest BCUT2D eigenvalue weighted by Crippen LogP contribution is 2.41. The highest BCUT2D eigenvalue weighted by molar-refractivity contribution is 5.67. The van der Waals surface area contributed by atoms with E-state index in [4.69, 9.17) is 0 Å². The molecule has 168 valence electrons. The standard InChI is InChI=1S/C26H52O2/c1-8-9-10-11-12-13-14-15-16-17-18-19-22(25(2,3)4)20-23(21-24(27)28)26(5,6)7/h22-23H,8-21H2,1-7H3,(H,27,28). The van der Waals surface area contributed by atoms with Crippen LogP contribution in [-0.2, 0) is 4.79 Å². The van der Waals surface area contributed by atoms with Crippen molar-refractivity contribution in [3.8, 4) is 0 Å². The van der Waals surface area contributed by atoms with Crippen molar-refractivity contribution in [1.29, 1.82) is 0 Å². The van der Waals surface area contributed by atoms with E-state index in [2.05, 4.69) is 48.5 Å². The Labute approximate surface area is 177 Å². The van der Waals surface area contributed by atoms with Crippen LogP contribution in [0.1, 0.15) is 138 Å². The first-order valence-corrected chi connectivity index (χ1v) is 12.2. The predicted molar refractivity (Wildman–Crippen MR) is 124 cm³/mol. The number of unbranched alkanes of at least 4 members (excludes halogenated alkanes) is 10. The summed E-state index contributed by atoms with van der Waals surface area (Å²) in [6.07, 6.45) is 17.8. The second kappa shape index (κ2) is 14.5. The van der Waals surface area contributed by atoms with Crippen molar-refractivity contribution >= 4 is 5.97 Å². The highest BCUT2D eigenvalue weighted by Gasteiger charge is 2.33. The van der Waals surface area contributed by atoms with Gasteiger partial charge < -0.3 is 5.11 Å². The van der Waals surface area contributed by atoms with Crippen molar-refractivity contribution in [1.82, 2.24) is 0 Å². The van der Waals surface area contributed by atoms with Crippen molar-refractivity contribution in [2.45, 2.75) is 138 Å². The largest absolute Gasteiger partial charge is 0.481 e. The molecule has 0 spiro atoms. The second-order valence-corrected chi connectivity index (χ2v) is 11.3. The molecule has 28 heavy (non-hydrogen) atoms. The van der Waals surface area contributed by atoms with Crippen LogP contribution in [0, 0.1) is 22.7 Å². The van der Waals surface area contributed by atoms with Gasteiger partial charge in [-0.2, -0.15) is 0 Å². The molecule has 0 aromatic carbocycles. The summed E-state index contributed by atoms with van der Waals surface area (Å²) in [4.78, 5) is 11.3. The third-order valence-corrected chi connectivity index (χ3v) is 6.60. The summed E-state index contributed by atoms with van der Waals surface area (Å²) < 4.78 is 0. The van der Waals surface area contributed by atoms with Gasteiger partial charge >= 0.3 is 5.97 Å². The monoisotopic (exact) mass is 396 g/mol. The minimum absolute atomic E-state index is 0.0546. The lowest BCUT2D eigenvalue weighted by atomic mass is 9.67. The highest BCUT2D eigenvalue weighted by atomic mass is 16.4.